The Morgan fingerprint density at radius 1 is 1.54 bits per heavy atom. The monoisotopic (exact) mass is 187 g/mol. The molecule has 0 aromatic carbocycles. The lowest BCUT2D eigenvalue weighted by Gasteiger charge is -2.22. The van der Waals surface area contributed by atoms with Crippen molar-refractivity contribution in [2.24, 2.45) is 11.7 Å². The predicted molar refractivity (Wildman–Crippen MR) is 52.8 cm³/mol. The lowest BCUT2D eigenvalue weighted by Crippen LogP contribution is -2.51. The Kier molecular flexibility index (Phi) is 4.66. The highest BCUT2D eigenvalue weighted by Gasteiger charge is 2.26. The molecule has 0 aromatic heterocycles. The van der Waals surface area contributed by atoms with Crippen LogP contribution in [0.5, 0.6) is 0 Å². The van der Waals surface area contributed by atoms with Gasteiger partial charge in [0.2, 0.25) is 0 Å². The first-order chi connectivity index (χ1) is 6.27. The topological polar surface area (TPSA) is 70.3 Å². The van der Waals surface area contributed by atoms with Crippen LogP contribution in [0.1, 0.15) is 32.6 Å². The van der Waals surface area contributed by atoms with Gasteiger partial charge in [0.15, 0.2) is 0 Å². The average Bonchev–Trinajstić information content (AvgIpc) is 2.61. The highest BCUT2D eigenvalue weighted by atomic mass is 16.3. The largest absolute Gasteiger partial charge is 0.396 e. The maximum atomic E-state index is 9.06. The Hall–Kier alpha value is -0.160. The van der Waals surface area contributed by atoms with E-state index in [-0.39, 0.29) is 12.8 Å². The number of hydrogen-bond donors (Lipinski definition) is 4. The van der Waals surface area contributed by atoms with Gasteiger partial charge in [-0.2, -0.15) is 0 Å². The molecule has 0 bridgehead atoms. The average molecular weight is 187 g/mol. The van der Waals surface area contributed by atoms with Gasteiger partial charge in [-0.25, -0.2) is 5.43 Å². The van der Waals surface area contributed by atoms with Gasteiger partial charge in [-0.05, 0) is 25.2 Å². The van der Waals surface area contributed by atoms with Crippen molar-refractivity contribution in [3.8, 4) is 0 Å². The molecule has 78 valence electrons. The molecule has 0 aliphatic heterocycles. The molecule has 0 radical (unpaired) electrons. The van der Waals surface area contributed by atoms with Crippen LogP contribution in [0.2, 0.25) is 0 Å². The summed E-state index contributed by atoms with van der Waals surface area (Å²) >= 11 is 0. The van der Waals surface area contributed by atoms with Crippen LogP contribution in [-0.2, 0) is 0 Å². The van der Waals surface area contributed by atoms with E-state index in [2.05, 4.69) is 10.9 Å². The third-order valence-corrected chi connectivity index (χ3v) is 2.79. The van der Waals surface area contributed by atoms with E-state index in [1.54, 1.807) is 0 Å². The normalized spacial score (nSPS) is 30.7. The van der Waals surface area contributed by atoms with Crippen LogP contribution < -0.4 is 16.6 Å². The third-order valence-electron chi connectivity index (χ3n) is 2.79. The Labute approximate surface area is 79.9 Å². The van der Waals surface area contributed by atoms with Crippen molar-refractivity contribution < 1.29 is 5.11 Å². The number of hydrogen-bond acceptors (Lipinski definition) is 4. The minimum atomic E-state index is 0.0138. The molecule has 0 heterocycles. The quantitative estimate of drug-likeness (QED) is 0.359. The summed E-state index contributed by atoms with van der Waals surface area (Å²) in [6.07, 6.45) is 4.38. The standard InChI is InChI=1S/C9H21N3O/c1-2-9(10)12-11-8-5-3-4-7(8)6-13/h7-9,11-13H,2-6,10H2,1H3/t7?,8?,9-/m1/s1. The fraction of sp³-hybridized carbons (Fsp3) is 1.00. The zero-order valence-corrected chi connectivity index (χ0v) is 8.29. The van der Waals surface area contributed by atoms with Crippen molar-refractivity contribution in [2.45, 2.75) is 44.8 Å². The molecule has 4 nitrogen and oxygen atoms in total. The molecule has 1 rings (SSSR count). The number of nitrogens with two attached hydrogens (primary N) is 1. The van der Waals surface area contributed by atoms with Crippen molar-refractivity contribution >= 4 is 0 Å². The van der Waals surface area contributed by atoms with Crippen LogP contribution in [0.25, 0.3) is 0 Å². The minimum Gasteiger partial charge on any atom is -0.396 e. The van der Waals surface area contributed by atoms with E-state index in [0.29, 0.717) is 12.0 Å². The molecule has 0 saturated heterocycles. The van der Waals surface area contributed by atoms with Gasteiger partial charge in [-0.3, -0.25) is 5.43 Å². The molecule has 1 aliphatic carbocycles. The van der Waals surface area contributed by atoms with Crippen molar-refractivity contribution in [3.63, 3.8) is 0 Å². The fourth-order valence-corrected chi connectivity index (χ4v) is 1.76. The maximum Gasteiger partial charge on any atom is 0.0676 e. The molecular weight excluding hydrogens is 166 g/mol. The summed E-state index contributed by atoms with van der Waals surface area (Å²) in [5.74, 6) is 0.400. The minimum absolute atomic E-state index is 0.0138. The Bertz CT molecular complexity index is 143. The Morgan fingerprint density at radius 2 is 2.31 bits per heavy atom. The zero-order valence-electron chi connectivity index (χ0n) is 8.29. The fourth-order valence-electron chi connectivity index (χ4n) is 1.76. The van der Waals surface area contributed by atoms with Crippen LogP contribution >= 0.6 is 0 Å². The second kappa shape index (κ2) is 5.54. The molecule has 4 heteroatoms. The van der Waals surface area contributed by atoms with Gasteiger partial charge in [0.1, 0.15) is 0 Å². The van der Waals surface area contributed by atoms with Gasteiger partial charge in [0.05, 0.1) is 6.17 Å². The van der Waals surface area contributed by atoms with Crippen LogP contribution in [0, 0.1) is 5.92 Å². The van der Waals surface area contributed by atoms with Crippen molar-refractivity contribution in [1.82, 2.24) is 10.9 Å². The van der Waals surface area contributed by atoms with E-state index >= 15 is 0 Å². The van der Waals surface area contributed by atoms with Gasteiger partial charge in [0.25, 0.3) is 0 Å². The summed E-state index contributed by atoms with van der Waals surface area (Å²) in [6, 6.07) is 0.391. The van der Waals surface area contributed by atoms with E-state index in [1.165, 1.54) is 6.42 Å². The first-order valence-corrected chi connectivity index (χ1v) is 5.15. The molecule has 3 atom stereocenters. The van der Waals surface area contributed by atoms with Gasteiger partial charge < -0.3 is 10.8 Å². The molecule has 0 aromatic rings. The number of nitrogens with one attached hydrogen (secondary N) is 2. The van der Waals surface area contributed by atoms with Crippen LogP contribution in [0.15, 0.2) is 0 Å². The predicted octanol–water partition coefficient (Wildman–Crippen LogP) is -0.0636. The number of aliphatic hydroxyl groups is 1. The molecule has 0 spiro atoms. The SMILES string of the molecule is CC[C@H](N)NNC1CCCC1CO. The van der Waals surface area contributed by atoms with E-state index in [0.717, 1.165) is 19.3 Å². The summed E-state index contributed by atoms with van der Waals surface area (Å²) in [6.45, 7) is 2.32. The second-order valence-corrected chi connectivity index (χ2v) is 3.78. The van der Waals surface area contributed by atoms with E-state index in [1.807, 2.05) is 6.92 Å². The maximum absolute atomic E-state index is 9.06. The summed E-state index contributed by atoms with van der Waals surface area (Å²) < 4.78 is 0. The number of aliphatic hydroxyl groups excluding tert-OH is 1. The Morgan fingerprint density at radius 3 is 2.92 bits per heavy atom. The van der Waals surface area contributed by atoms with Crippen LogP contribution in [0.4, 0.5) is 0 Å². The first-order valence-electron chi connectivity index (χ1n) is 5.15. The third kappa shape index (κ3) is 3.23. The lowest BCUT2D eigenvalue weighted by molar-refractivity contribution is 0.193. The summed E-state index contributed by atoms with van der Waals surface area (Å²) in [5.41, 5.74) is 12.0. The first kappa shape index (κ1) is 10.9. The molecule has 1 fully saturated rings. The summed E-state index contributed by atoms with van der Waals surface area (Å²) in [7, 11) is 0. The molecule has 0 amide bonds. The van der Waals surface area contributed by atoms with Crippen LogP contribution in [-0.4, -0.2) is 23.9 Å². The zero-order chi connectivity index (χ0) is 9.68. The van der Waals surface area contributed by atoms with Gasteiger partial charge in [0, 0.05) is 12.6 Å². The van der Waals surface area contributed by atoms with Gasteiger partial charge in [-0.15, -0.1) is 0 Å². The molecule has 1 saturated carbocycles. The Balaban J connectivity index is 2.19. The van der Waals surface area contributed by atoms with E-state index < -0.39 is 0 Å². The molecule has 2 unspecified atom stereocenters. The smallest absolute Gasteiger partial charge is 0.0676 e. The van der Waals surface area contributed by atoms with E-state index in [4.69, 9.17) is 10.8 Å². The number of rotatable bonds is 5. The number of hydrazine groups is 1. The van der Waals surface area contributed by atoms with Crippen molar-refractivity contribution in [3.05, 3.63) is 0 Å². The molecular formula is C9H21N3O. The van der Waals surface area contributed by atoms with E-state index in [9.17, 15) is 0 Å². The lowest BCUT2D eigenvalue weighted by atomic mass is 10.1. The summed E-state index contributed by atoms with van der Waals surface area (Å²) in [5, 5.41) is 9.06. The second-order valence-electron chi connectivity index (χ2n) is 3.78. The molecule has 5 N–H and O–H groups in total. The highest BCUT2D eigenvalue weighted by molar-refractivity contribution is 4.81. The molecule has 13 heavy (non-hydrogen) atoms. The summed E-state index contributed by atoms with van der Waals surface area (Å²) in [4.78, 5) is 0. The van der Waals surface area contributed by atoms with Gasteiger partial charge >= 0.3 is 0 Å². The molecule has 1 aliphatic rings. The highest BCUT2D eigenvalue weighted by Crippen LogP contribution is 2.24. The van der Waals surface area contributed by atoms with Crippen LogP contribution in [0.3, 0.4) is 0 Å². The van der Waals surface area contributed by atoms with Crippen molar-refractivity contribution in [2.75, 3.05) is 6.61 Å². The van der Waals surface area contributed by atoms with Gasteiger partial charge in [-0.1, -0.05) is 13.3 Å². The van der Waals surface area contributed by atoms with Crippen molar-refractivity contribution in [1.29, 1.82) is 0 Å².